The monoisotopic (exact) mass is 98.0 g/mol. The van der Waals surface area contributed by atoms with Crippen molar-refractivity contribution >= 4 is 11.5 Å². The normalized spacial score (nSPS) is 30.1. The minimum atomic E-state index is -0.257. The molecule has 3 N–H and O–H groups in total. The van der Waals surface area contributed by atoms with Crippen molar-refractivity contribution in [2.45, 2.75) is 12.5 Å². The fourth-order valence-corrected chi connectivity index (χ4v) is 0.487. The van der Waals surface area contributed by atoms with Crippen LogP contribution in [0.15, 0.2) is 0 Å². The first kappa shape index (κ1) is 4.46. The van der Waals surface area contributed by atoms with Gasteiger partial charge in [-0.2, -0.15) is 0 Å². The highest BCUT2D eigenvalue weighted by atomic mass is 16.1. The maximum atomic E-state index is 10.1. The van der Waals surface area contributed by atoms with Crippen molar-refractivity contribution in [2.24, 2.45) is 5.73 Å². The van der Waals surface area contributed by atoms with E-state index in [-0.39, 0.29) is 17.5 Å². The van der Waals surface area contributed by atoms with Gasteiger partial charge in [-0.3, -0.25) is 10.2 Å². The molecule has 7 heavy (non-hydrogen) atoms. The Bertz CT molecular complexity index is 130. The average molecular weight is 98.1 g/mol. The molecule has 0 saturated heterocycles. The van der Waals surface area contributed by atoms with E-state index in [1.54, 1.807) is 0 Å². The van der Waals surface area contributed by atoms with E-state index >= 15 is 0 Å². The van der Waals surface area contributed by atoms with Crippen LogP contribution >= 0.6 is 0 Å². The number of ketones is 1. The number of hydrogen-bond donors (Lipinski definition) is 2. The Labute approximate surface area is 41.0 Å². The minimum Gasteiger partial charge on any atom is -0.322 e. The third-order valence-corrected chi connectivity index (χ3v) is 1.08. The van der Waals surface area contributed by atoms with E-state index < -0.39 is 0 Å². The lowest BCUT2D eigenvalue weighted by atomic mass is 9.90. The molecule has 0 spiro atoms. The fraction of sp³-hybridized carbons (Fsp3) is 0.500. The second-order valence-electron chi connectivity index (χ2n) is 1.65. The predicted octanol–water partition coefficient (Wildman–Crippen LogP) is -0.694. The molecule has 1 saturated carbocycles. The Morgan fingerprint density at radius 3 is 2.43 bits per heavy atom. The molecule has 38 valence electrons. The van der Waals surface area contributed by atoms with Crippen LogP contribution in [-0.4, -0.2) is 17.5 Å². The SMILES string of the molecule is N=C1C(=O)CC1N. The molecule has 1 rings (SSSR count). The first-order chi connectivity index (χ1) is 3.22. The molecule has 0 aliphatic heterocycles. The highest BCUT2D eigenvalue weighted by molar-refractivity contribution is 6.47. The van der Waals surface area contributed by atoms with Crippen LogP contribution in [0, 0.1) is 5.41 Å². The van der Waals surface area contributed by atoms with Gasteiger partial charge in [0.05, 0.1) is 11.8 Å². The predicted molar refractivity (Wildman–Crippen MR) is 25.3 cm³/mol. The van der Waals surface area contributed by atoms with Crippen LogP contribution in [0.5, 0.6) is 0 Å². The van der Waals surface area contributed by atoms with Gasteiger partial charge in [0.1, 0.15) is 0 Å². The summed E-state index contributed by atoms with van der Waals surface area (Å²) in [6.07, 6.45) is 0.374. The van der Waals surface area contributed by atoms with Gasteiger partial charge in [0.15, 0.2) is 5.78 Å². The second-order valence-corrected chi connectivity index (χ2v) is 1.65. The number of carbonyl (C=O) groups excluding carboxylic acids is 1. The van der Waals surface area contributed by atoms with Crippen molar-refractivity contribution in [1.82, 2.24) is 0 Å². The van der Waals surface area contributed by atoms with Crippen LogP contribution in [-0.2, 0) is 4.79 Å². The van der Waals surface area contributed by atoms with Gasteiger partial charge in [-0.25, -0.2) is 0 Å². The molecule has 0 radical (unpaired) electrons. The van der Waals surface area contributed by atoms with Gasteiger partial charge in [-0.1, -0.05) is 0 Å². The van der Waals surface area contributed by atoms with E-state index in [4.69, 9.17) is 11.1 Å². The van der Waals surface area contributed by atoms with Crippen LogP contribution in [0.2, 0.25) is 0 Å². The van der Waals surface area contributed by atoms with Crippen LogP contribution in [0.4, 0.5) is 0 Å². The molecule has 1 fully saturated rings. The summed E-state index contributed by atoms with van der Waals surface area (Å²) in [6.45, 7) is 0. The average Bonchev–Trinajstić information content (AvgIpc) is 1.68. The fourth-order valence-electron chi connectivity index (χ4n) is 0.487. The molecule has 0 aromatic rings. The summed E-state index contributed by atoms with van der Waals surface area (Å²) >= 11 is 0. The Hall–Kier alpha value is -0.700. The zero-order chi connectivity index (χ0) is 5.44. The standard InChI is InChI=1S/C4H6N2O/c5-2-1-3(7)4(2)6/h2,6H,1,5H2. The number of Topliss-reactive ketones (excluding diaryl/α,β-unsaturated/α-hetero) is 1. The molecule has 0 bridgehead atoms. The number of rotatable bonds is 0. The van der Waals surface area contributed by atoms with E-state index in [1.807, 2.05) is 0 Å². The van der Waals surface area contributed by atoms with E-state index in [0.717, 1.165) is 0 Å². The summed E-state index contributed by atoms with van der Waals surface area (Å²) in [5.74, 6) is -0.104. The lowest BCUT2D eigenvalue weighted by Gasteiger charge is -2.19. The molecule has 1 aliphatic rings. The van der Waals surface area contributed by atoms with Crippen molar-refractivity contribution in [3.63, 3.8) is 0 Å². The van der Waals surface area contributed by atoms with Crippen molar-refractivity contribution in [1.29, 1.82) is 5.41 Å². The van der Waals surface area contributed by atoms with Crippen LogP contribution in [0.1, 0.15) is 6.42 Å². The topological polar surface area (TPSA) is 66.9 Å². The zero-order valence-electron chi connectivity index (χ0n) is 3.77. The minimum absolute atomic E-state index is 0.0833. The highest BCUT2D eigenvalue weighted by Gasteiger charge is 2.29. The van der Waals surface area contributed by atoms with Gasteiger partial charge in [0.2, 0.25) is 0 Å². The van der Waals surface area contributed by atoms with Crippen LogP contribution < -0.4 is 5.73 Å². The molecular weight excluding hydrogens is 92.1 g/mol. The Morgan fingerprint density at radius 1 is 1.86 bits per heavy atom. The largest absolute Gasteiger partial charge is 0.322 e. The van der Waals surface area contributed by atoms with Gasteiger partial charge < -0.3 is 5.73 Å². The molecule has 1 atom stereocenters. The third-order valence-electron chi connectivity index (χ3n) is 1.08. The van der Waals surface area contributed by atoms with Gasteiger partial charge in [0, 0.05) is 6.42 Å². The number of nitrogens with one attached hydrogen (secondary N) is 1. The van der Waals surface area contributed by atoms with Crippen LogP contribution in [0.3, 0.4) is 0 Å². The van der Waals surface area contributed by atoms with Gasteiger partial charge in [0.25, 0.3) is 0 Å². The Balaban J connectivity index is 2.60. The van der Waals surface area contributed by atoms with E-state index in [0.29, 0.717) is 6.42 Å². The Morgan fingerprint density at radius 2 is 2.43 bits per heavy atom. The summed E-state index contributed by atoms with van der Waals surface area (Å²) in [4.78, 5) is 10.1. The molecule has 0 heterocycles. The second kappa shape index (κ2) is 1.13. The maximum absolute atomic E-state index is 10.1. The molecular formula is C4H6N2O. The quantitative estimate of drug-likeness (QED) is 0.421. The highest BCUT2D eigenvalue weighted by Crippen LogP contribution is 2.05. The van der Waals surface area contributed by atoms with Crippen molar-refractivity contribution in [3.8, 4) is 0 Å². The van der Waals surface area contributed by atoms with Crippen molar-refractivity contribution in [3.05, 3.63) is 0 Å². The summed E-state index contributed by atoms with van der Waals surface area (Å²) < 4.78 is 0. The summed E-state index contributed by atoms with van der Waals surface area (Å²) in [6, 6.07) is -0.257. The molecule has 0 aromatic heterocycles. The number of nitrogens with two attached hydrogens (primary N) is 1. The zero-order valence-corrected chi connectivity index (χ0v) is 3.77. The Kier molecular flexibility index (Phi) is 0.722. The molecule has 0 amide bonds. The van der Waals surface area contributed by atoms with E-state index in [1.165, 1.54) is 0 Å². The number of hydrogen-bond acceptors (Lipinski definition) is 3. The van der Waals surface area contributed by atoms with Gasteiger partial charge >= 0.3 is 0 Å². The smallest absolute Gasteiger partial charge is 0.179 e. The van der Waals surface area contributed by atoms with Gasteiger partial charge in [-0.15, -0.1) is 0 Å². The van der Waals surface area contributed by atoms with Crippen molar-refractivity contribution < 1.29 is 4.79 Å². The maximum Gasteiger partial charge on any atom is 0.179 e. The molecule has 0 aromatic carbocycles. The third kappa shape index (κ3) is 0.452. The van der Waals surface area contributed by atoms with Crippen molar-refractivity contribution in [2.75, 3.05) is 0 Å². The molecule has 3 nitrogen and oxygen atoms in total. The van der Waals surface area contributed by atoms with Crippen LogP contribution in [0.25, 0.3) is 0 Å². The molecule has 1 aliphatic carbocycles. The first-order valence-electron chi connectivity index (χ1n) is 2.09. The van der Waals surface area contributed by atoms with Gasteiger partial charge in [-0.05, 0) is 0 Å². The molecule has 3 heteroatoms. The number of carbonyl (C=O) groups is 1. The summed E-state index contributed by atoms with van der Waals surface area (Å²) in [5.41, 5.74) is 5.25. The van der Waals surface area contributed by atoms with E-state index in [2.05, 4.69) is 0 Å². The lowest BCUT2D eigenvalue weighted by molar-refractivity contribution is -0.115. The summed E-state index contributed by atoms with van der Waals surface area (Å²) in [7, 11) is 0. The molecule has 1 unspecified atom stereocenters. The lowest BCUT2D eigenvalue weighted by Crippen LogP contribution is -2.48. The van der Waals surface area contributed by atoms with E-state index in [9.17, 15) is 4.79 Å². The summed E-state index contributed by atoms with van der Waals surface area (Å²) in [5, 5.41) is 6.77. The first-order valence-corrected chi connectivity index (χ1v) is 2.09.